The zero-order chi connectivity index (χ0) is 11.8. The van der Waals surface area contributed by atoms with E-state index in [2.05, 4.69) is 15.9 Å². The van der Waals surface area contributed by atoms with E-state index in [-0.39, 0.29) is 6.79 Å². The van der Waals surface area contributed by atoms with Crippen molar-refractivity contribution in [3.8, 4) is 5.75 Å². The SMILES string of the molecule is COCCOCOc1cc(C=O)ccc1Br. The summed E-state index contributed by atoms with van der Waals surface area (Å²) >= 11 is 3.32. The Hall–Kier alpha value is -0.910. The number of hydrogen-bond acceptors (Lipinski definition) is 4. The monoisotopic (exact) mass is 288 g/mol. The smallest absolute Gasteiger partial charge is 0.189 e. The average molecular weight is 289 g/mol. The molecule has 0 bridgehead atoms. The predicted octanol–water partition coefficient (Wildman–Crippen LogP) is 2.26. The van der Waals surface area contributed by atoms with E-state index < -0.39 is 0 Å². The first-order valence-electron chi connectivity index (χ1n) is 4.72. The number of halogens is 1. The largest absolute Gasteiger partial charge is 0.466 e. The van der Waals surface area contributed by atoms with Gasteiger partial charge >= 0.3 is 0 Å². The maximum Gasteiger partial charge on any atom is 0.189 e. The van der Waals surface area contributed by atoms with Crippen LogP contribution in [-0.4, -0.2) is 33.4 Å². The number of carbonyl (C=O) groups excluding carboxylic acids is 1. The van der Waals surface area contributed by atoms with Gasteiger partial charge in [0.15, 0.2) is 6.79 Å². The molecule has 0 radical (unpaired) electrons. The van der Waals surface area contributed by atoms with Crippen LogP contribution in [0.3, 0.4) is 0 Å². The summed E-state index contributed by atoms with van der Waals surface area (Å²) in [6.07, 6.45) is 0.769. The summed E-state index contributed by atoms with van der Waals surface area (Å²) in [4.78, 5) is 10.6. The van der Waals surface area contributed by atoms with Gasteiger partial charge in [-0.25, -0.2) is 0 Å². The first kappa shape index (κ1) is 13.2. The lowest BCUT2D eigenvalue weighted by Gasteiger charge is -2.08. The zero-order valence-electron chi connectivity index (χ0n) is 8.94. The van der Waals surface area contributed by atoms with Crippen LogP contribution in [0, 0.1) is 0 Å². The molecular weight excluding hydrogens is 276 g/mol. The predicted molar refractivity (Wildman–Crippen MR) is 62.9 cm³/mol. The van der Waals surface area contributed by atoms with Crippen LogP contribution in [0.5, 0.6) is 5.75 Å². The van der Waals surface area contributed by atoms with Crippen molar-refractivity contribution in [1.29, 1.82) is 0 Å². The molecule has 0 fully saturated rings. The number of benzene rings is 1. The van der Waals surface area contributed by atoms with E-state index in [9.17, 15) is 4.79 Å². The fourth-order valence-corrected chi connectivity index (χ4v) is 1.37. The molecule has 0 saturated heterocycles. The number of hydrogen-bond donors (Lipinski definition) is 0. The standard InChI is InChI=1S/C11H13BrO4/c1-14-4-5-15-8-16-11-6-9(7-13)2-3-10(11)12/h2-3,6-7H,4-5,8H2,1H3. The summed E-state index contributed by atoms with van der Waals surface area (Å²) in [6.45, 7) is 1.13. The van der Waals surface area contributed by atoms with Gasteiger partial charge in [-0.1, -0.05) is 6.07 Å². The van der Waals surface area contributed by atoms with Crippen LogP contribution >= 0.6 is 15.9 Å². The normalized spacial score (nSPS) is 10.1. The second-order valence-electron chi connectivity index (χ2n) is 2.97. The fourth-order valence-electron chi connectivity index (χ4n) is 1.01. The Balaban J connectivity index is 2.43. The molecule has 0 atom stereocenters. The third-order valence-electron chi connectivity index (χ3n) is 1.82. The number of aldehydes is 1. The van der Waals surface area contributed by atoms with Gasteiger partial charge in [-0.15, -0.1) is 0 Å². The molecule has 4 nitrogen and oxygen atoms in total. The first-order chi connectivity index (χ1) is 7.77. The van der Waals surface area contributed by atoms with Crippen molar-refractivity contribution in [2.75, 3.05) is 27.1 Å². The molecule has 0 aliphatic heterocycles. The lowest BCUT2D eigenvalue weighted by atomic mass is 10.2. The number of rotatable bonds is 7. The van der Waals surface area contributed by atoms with Gasteiger partial charge in [0.25, 0.3) is 0 Å². The molecule has 88 valence electrons. The third kappa shape index (κ3) is 4.30. The maximum absolute atomic E-state index is 10.6. The molecule has 0 aromatic heterocycles. The molecule has 16 heavy (non-hydrogen) atoms. The summed E-state index contributed by atoms with van der Waals surface area (Å²) in [6, 6.07) is 5.11. The van der Waals surface area contributed by atoms with Crippen molar-refractivity contribution in [2.45, 2.75) is 0 Å². The highest BCUT2D eigenvalue weighted by molar-refractivity contribution is 9.10. The molecule has 0 aliphatic carbocycles. The summed E-state index contributed by atoms with van der Waals surface area (Å²) in [5, 5.41) is 0. The Morgan fingerprint density at radius 1 is 1.38 bits per heavy atom. The van der Waals surface area contributed by atoms with Gasteiger partial charge in [0.1, 0.15) is 12.0 Å². The highest BCUT2D eigenvalue weighted by atomic mass is 79.9. The maximum atomic E-state index is 10.6. The zero-order valence-corrected chi connectivity index (χ0v) is 10.5. The minimum absolute atomic E-state index is 0.129. The Labute approximate surface area is 103 Å². The highest BCUT2D eigenvalue weighted by Crippen LogP contribution is 2.25. The van der Waals surface area contributed by atoms with E-state index in [0.717, 1.165) is 10.8 Å². The lowest BCUT2D eigenvalue weighted by molar-refractivity contribution is -0.00881. The molecule has 1 aromatic carbocycles. The minimum Gasteiger partial charge on any atom is -0.466 e. The quantitative estimate of drug-likeness (QED) is 0.439. The van der Waals surface area contributed by atoms with Crippen molar-refractivity contribution < 1.29 is 19.0 Å². The molecule has 0 spiro atoms. The van der Waals surface area contributed by atoms with Crippen LogP contribution in [0.1, 0.15) is 10.4 Å². The van der Waals surface area contributed by atoms with E-state index in [1.165, 1.54) is 0 Å². The molecule has 1 aromatic rings. The van der Waals surface area contributed by atoms with Crippen LogP contribution in [0.25, 0.3) is 0 Å². The van der Waals surface area contributed by atoms with E-state index in [0.29, 0.717) is 24.5 Å². The Morgan fingerprint density at radius 3 is 2.88 bits per heavy atom. The van der Waals surface area contributed by atoms with Crippen molar-refractivity contribution in [2.24, 2.45) is 0 Å². The van der Waals surface area contributed by atoms with Gasteiger partial charge in [0.05, 0.1) is 17.7 Å². The Morgan fingerprint density at radius 2 is 2.19 bits per heavy atom. The van der Waals surface area contributed by atoms with Gasteiger partial charge in [0.2, 0.25) is 0 Å². The molecule has 5 heteroatoms. The van der Waals surface area contributed by atoms with E-state index >= 15 is 0 Å². The van der Waals surface area contributed by atoms with Crippen LogP contribution < -0.4 is 4.74 Å². The van der Waals surface area contributed by atoms with Gasteiger partial charge < -0.3 is 14.2 Å². The Kier molecular flexibility index (Phi) is 6.07. The number of methoxy groups -OCH3 is 1. The second-order valence-corrected chi connectivity index (χ2v) is 3.83. The van der Waals surface area contributed by atoms with Gasteiger partial charge in [-0.3, -0.25) is 4.79 Å². The van der Waals surface area contributed by atoms with Crippen molar-refractivity contribution >= 4 is 22.2 Å². The van der Waals surface area contributed by atoms with E-state index in [1.54, 1.807) is 25.3 Å². The third-order valence-corrected chi connectivity index (χ3v) is 2.48. The Bertz CT molecular complexity index is 341. The van der Waals surface area contributed by atoms with Crippen LogP contribution in [0.2, 0.25) is 0 Å². The van der Waals surface area contributed by atoms with Crippen LogP contribution in [0.4, 0.5) is 0 Å². The molecule has 0 amide bonds. The van der Waals surface area contributed by atoms with E-state index in [4.69, 9.17) is 14.2 Å². The summed E-state index contributed by atoms with van der Waals surface area (Å²) < 4.78 is 16.1. The molecule has 0 N–H and O–H groups in total. The van der Waals surface area contributed by atoms with Crippen LogP contribution in [0.15, 0.2) is 22.7 Å². The van der Waals surface area contributed by atoms with E-state index in [1.807, 2.05) is 0 Å². The average Bonchev–Trinajstić information content (AvgIpc) is 2.31. The molecule has 0 heterocycles. The first-order valence-corrected chi connectivity index (χ1v) is 5.51. The summed E-state index contributed by atoms with van der Waals surface area (Å²) in [7, 11) is 1.61. The summed E-state index contributed by atoms with van der Waals surface area (Å²) in [5.74, 6) is 0.585. The fraction of sp³-hybridized carbons (Fsp3) is 0.364. The second kappa shape index (κ2) is 7.38. The number of carbonyl (C=O) groups is 1. The molecule has 0 saturated carbocycles. The minimum atomic E-state index is 0.129. The molecule has 0 aliphatic rings. The molecule has 1 rings (SSSR count). The van der Waals surface area contributed by atoms with Crippen molar-refractivity contribution in [3.63, 3.8) is 0 Å². The lowest BCUT2D eigenvalue weighted by Crippen LogP contribution is -2.08. The van der Waals surface area contributed by atoms with Gasteiger partial charge in [0, 0.05) is 12.7 Å². The topological polar surface area (TPSA) is 44.8 Å². The van der Waals surface area contributed by atoms with Gasteiger partial charge in [-0.2, -0.15) is 0 Å². The van der Waals surface area contributed by atoms with Crippen molar-refractivity contribution in [3.05, 3.63) is 28.2 Å². The molecular formula is C11H13BrO4. The van der Waals surface area contributed by atoms with Gasteiger partial charge in [-0.05, 0) is 28.1 Å². The highest BCUT2D eigenvalue weighted by Gasteiger charge is 2.02. The summed E-state index contributed by atoms with van der Waals surface area (Å²) in [5.41, 5.74) is 0.565. The van der Waals surface area contributed by atoms with Crippen LogP contribution in [-0.2, 0) is 9.47 Å². The number of ether oxygens (including phenoxy) is 3. The van der Waals surface area contributed by atoms with Crippen molar-refractivity contribution in [1.82, 2.24) is 0 Å². The molecule has 0 unspecified atom stereocenters.